The quantitative estimate of drug-likeness (QED) is 0.747. The summed E-state index contributed by atoms with van der Waals surface area (Å²) in [6.45, 7) is 5.70. The van der Waals surface area contributed by atoms with E-state index in [2.05, 4.69) is 39.4 Å². The summed E-state index contributed by atoms with van der Waals surface area (Å²) in [5.74, 6) is 0.306. The average Bonchev–Trinajstić information content (AvgIpc) is 2.98. The molecular formula is C23H29N3O2. The van der Waals surface area contributed by atoms with Gasteiger partial charge in [0, 0.05) is 37.3 Å². The smallest absolute Gasteiger partial charge is 0.115 e. The lowest BCUT2D eigenvalue weighted by Gasteiger charge is -2.43. The van der Waals surface area contributed by atoms with Gasteiger partial charge in [0.25, 0.3) is 0 Å². The third-order valence-corrected chi connectivity index (χ3v) is 7.10. The number of aliphatic hydroxyl groups is 1. The monoisotopic (exact) mass is 379 g/mol. The fourth-order valence-electron chi connectivity index (χ4n) is 5.60. The molecule has 2 saturated heterocycles. The summed E-state index contributed by atoms with van der Waals surface area (Å²) in [5.41, 5.74) is 3.75. The zero-order valence-electron chi connectivity index (χ0n) is 16.2. The molecule has 5 heteroatoms. The molecule has 2 aromatic rings. The van der Waals surface area contributed by atoms with E-state index in [1.54, 1.807) is 12.1 Å². The number of fused-ring (bicyclic) bond motifs is 2. The van der Waals surface area contributed by atoms with E-state index in [1.165, 1.54) is 11.1 Å². The van der Waals surface area contributed by atoms with E-state index in [-0.39, 0.29) is 17.6 Å². The molecule has 1 spiro atoms. The summed E-state index contributed by atoms with van der Waals surface area (Å²) in [4.78, 5) is 4.85. The van der Waals surface area contributed by atoms with Gasteiger partial charge in [-0.1, -0.05) is 24.3 Å². The summed E-state index contributed by atoms with van der Waals surface area (Å²) in [5, 5.41) is 24.5. The molecule has 0 saturated carbocycles. The predicted octanol–water partition coefficient (Wildman–Crippen LogP) is 2.25. The summed E-state index contributed by atoms with van der Waals surface area (Å²) >= 11 is 0. The first-order chi connectivity index (χ1) is 13.7. The number of phenols is 1. The lowest BCUT2D eigenvalue weighted by molar-refractivity contribution is -0.00359. The molecule has 3 aliphatic rings. The third-order valence-electron chi connectivity index (χ3n) is 7.10. The topological polar surface area (TPSA) is 59.0 Å². The molecule has 0 unspecified atom stereocenters. The third kappa shape index (κ3) is 2.81. The minimum Gasteiger partial charge on any atom is -0.508 e. The Morgan fingerprint density at radius 1 is 0.893 bits per heavy atom. The Morgan fingerprint density at radius 2 is 1.57 bits per heavy atom. The molecular weight excluding hydrogens is 350 g/mol. The van der Waals surface area contributed by atoms with Crippen LogP contribution in [0.1, 0.15) is 30.0 Å². The summed E-state index contributed by atoms with van der Waals surface area (Å²) in [6, 6.07) is 16.3. The molecule has 148 valence electrons. The van der Waals surface area contributed by atoms with E-state index in [9.17, 15) is 10.2 Å². The van der Waals surface area contributed by atoms with Gasteiger partial charge >= 0.3 is 0 Å². The van der Waals surface area contributed by atoms with Crippen LogP contribution in [0, 0.1) is 0 Å². The minimum atomic E-state index is -0.341. The van der Waals surface area contributed by atoms with E-state index in [4.69, 9.17) is 0 Å². The molecule has 0 aromatic heterocycles. The van der Waals surface area contributed by atoms with Crippen LogP contribution in [0.3, 0.4) is 0 Å². The zero-order chi connectivity index (χ0) is 19.1. The maximum Gasteiger partial charge on any atom is 0.115 e. The van der Waals surface area contributed by atoms with E-state index >= 15 is 0 Å². The van der Waals surface area contributed by atoms with Crippen LogP contribution < -0.4 is 10.2 Å². The van der Waals surface area contributed by atoms with Gasteiger partial charge in [0.1, 0.15) is 5.75 Å². The van der Waals surface area contributed by atoms with Crippen LogP contribution >= 0.6 is 0 Å². The maximum absolute atomic E-state index is 11.5. The number of benzene rings is 2. The van der Waals surface area contributed by atoms with Gasteiger partial charge in [-0.15, -0.1) is 0 Å². The number of nitrogens with one attached hydrogen (secondary N) is 1. The number of hydrogen-bond donors (Lipinski definition) is 3. The number of aliphatic hydroxyl groups excluding tert-OH is 1. The summed E-state index contributed by atoms with van der Waals surface area (Å²) in [6.07, 6.45) is 1.68. The van der Waals surface area contributed by atoms with E-state index in [1.807, 2.05) is 12.1 Å². The van der Waals surface area contributed by atoms with Gasteiger partial charge in [-0.25, -0.2) is 0 Å². The summed E-state index contributed by atoms with van der Waals surface area (Å²) < 4.78 is 0. The maximum atomic E-state index is 11.5. The molecule has 2 aliphatic heterocycles. The van der Waals surface area contributed by atoms with Crippen LogP contribution in [-0.4, -0.2) is 60.5 Å². The van der Waals surface area contributed by atoms with Crippen molar-refractivity contribution in [2.45, 2.75) is 30.4 Å². The SMILES string of the molecule is Oc1ccc(N2CCN([C@@H]3c4ccccc4C4(CCNCC4)[C@H]3O)CC2)cc1. The highest BCUT2D eigenvalue weighted by atomic mass is 16.3. The fourth-order valence-corrected chi connectivity index (χ4v) is 5.60. The van der Waals surface area contributed by atoms with Crippen molar-refractivity contribution in [2.75, 3.05) is 44.2 Å². The van der Waals surface area contributed by atoms with E-state index in [0.717, 1.165) is 57.8 Å². The Hall–Kier alpha value is -2.08. The second-order valence-corrected chi connectivity index (χ2v) is 8.42. The van der Waals surface area contributed by atoms with Crippen molar-refractivity contribution in [2.24, 2.45) is 0 Å². The van der Waals surface area contributed by atoms with Crippen LogP contribution in [0.5, 0.6) is 5.75 Å². The molecule has 0 amide bonds. The second-order valence-electron chi connectivity index (χ2n) is 8.42. The Morgan fingerprint density at radius 3 is 2.29 bits per heavy atom. The van der Waals surface area contributed by atoms with Crippen LogP contribution in [0.25, 0.3) is 0 Å². The highest BCUT2D eigenvalue weighted by molar-refractivity contribution is 5.50. The predicted molar refractivity (Wildman–Crippen MR) is 111 cm³/mol. The molecule has 2 heterocycles. The van der Waals surface area contributed by atoms with E-state index < -0.39 is 0 Å². The largest absolute Gasteiger partial charge is 0.508 e. The Bertz CT molecular complexity index is 824. The average molecular weight is 380 g/mol. The van der Waals surface area contributed by atoms with Gasteiger partial charge in [0.2, 0.25) is 0 Å². The van der Waals surface area contributed by atoms with Crippen LogP contribution in [-0.2, 0) is 5.41 Å². The second kappa shape index (κ2) is 7.07. The van der Waals surface area contributed by atoms with Gasteiger partial charge in [0.15, 0.2) is 0 Å². The molecule has 2 fully saturated rings. The van der Waals surface area contributed by atoms with Crippen molar-refractivity contribution >= 4 is 5.69 Å². The molecule has 5 nitrogen and oxygen atoms in total. The van der Waals surface area contributed by atoms with Crippen molar-refractivity contribution in [1.82, 2.24) is 10.2 Å². The van der Waals surface area contributed by atoms with Crippen molar-refractivity contribution in [3.63, 3.8) is 0 Å². The number of piperidine rings is 1. The lowest BCUT2D eigenvalue weighted by atomic mass is 9.72. The number of piperazine rings is 1. The molecule has 2 atom stereocenters. The number of phenolic OH excluding ortho intramolecular Hbond substituents is 1. The minimum absolute atomic E-state index is 0.0938. The van der Waals surface area contributed by atoms with Crippen molar-refractivity contribution < 1.29 is 10.2 Å². The van der Waals surface area contributed by atoms with Gasteiger partial charge < -0.3 is 20.4 Å². The fraction of sp³-hybridized carbons (Fsp3) is 0.478. The summed E-state index contributed by atoms with van der Waals surface area (Å²) in [7, 11) is 0. The Kier molecular flexibility index (Phi) is 4.54. The van der Waals surface area contributed by atoms with Crippen LogP contribution in [0.2, 0.25) is 0 Å². The molecule has 0 bridgehead atoms. The van der Waals surface area contributed by atoms with Crippen LogP contribution in [0.4, 0.5) is 5.69 Å². The first-order valence-electron chi connectivity index (χ1n) is 10.5. The van der Waals surface area contributed by atoms with Gasteiger partial charge in [-0.2, -0.15) is 0 Å². The Labute approximate surface area is 166 Å². The highest BCUT2D eigenvalue weighted by Crippen LogP contribution is 2.52. The number of aromatic hydroxyl groups is 1. The molecule has 2 aromatic carbocycles. The molecule has 5 rings (SSSR count). The van der Waals surface area contributed by atoms with Crippen molar-refractivity contribution in [1.29, 1.82) is 0 Å². The number of nitrogens with zero attached hydrogens (tertiary/aromatic N) is 2. The van der Waals surface area contributed by atoms with Gasteiger partial charge in [-0.05, 0) is 61.3 Å². The first kappa shape index (κ1) is 18.0. The van der Waals surface area contributed by atoms with Gasteiger partial charge in [0.05, 0.1) is 12.1 Å². The number of rotatable bonds is 2. The van der Waals surface area contributed by atoms with Crippen molar-refractivity contribution in [3.8, 4) is 5.75 Å². The standard InChI is InChI=1S/C23H29N3O2/c27-18-7-5-17(6-8-18)25-13-15-26(16-14-25)21-19-3-1-2-4-20(19)23(22(21)28)9-11-24-12-10-23/h1-8,21-22,24,27-28H,9-16H2/t21-,22+/m1/s1. The normalized spacial score (nSPS) is 27.1. The zero-order valence-corrected chi connectivity index (χ0v) is 16.2. The molecule has 28 heavy (non-hydrogen) atoms. The van der Waals surface area contributed by atoms with Crippen molar-refractivity contribution in [3.05, 3.63) is 59.7 Å². The van der Waals surface area contributed by atoms with E-state index in [0.29, 0.717) is 5.75 Å². The Balaban J connectivity index is 1.37. The van der Waals surface area contributed by atoms with Crippen LogP contribution in [0.15, 0.2) is 48.5 Å². The molecule has 0 radical (unpaired) electrons. The van der Waals surface area contributed by atoms with Gasteiger partial charge in [-0.3, -0.25) is 4.90 Å². The first-order valence-corrected chi connectivity index (χ1v) is 10.5. The number of hydrogen-bond acceptors (Lipinski definition) is 5. The highest BCUT2D eigenvalue weighted by Gasteiger charge is 2.53. The lowest BCUT2D eigenvalue weighted by Crippen LogP contribution is -2.52. The molecule has 1 aliphatic carbocycles. The number of anilines is 1. The molecule has 3 N–H and O–H groups in total.